The Morgan fingerprint density at radius 2 is 2.03 bits per heavy atom. The van der Waals surface area contributed by atoms with E-state index in [4.69, 9.17) is 14.2 Å². The molecule has 0 amide bonds. The Labute approximate surface area is 180 Å². The van der Waals surface area contributed by atoms with Gasteiger partial charge in [0.1, 0.15) is 28.8 Å². The largest absolute Gasteiger partial charge is 0.459 e. The van der Waals surface area contributed by atoms with Gasteiger partial charge in [-0.25, -0.2) is 4.79 Å². The number of carbonyl (C=O) groups excluding carboxylic acids is 2. The minimum Gasteiger partial charge on any atom is -0.459 e. The van der Waals surface area contributed by atoms with Crippen LogP contribution in [-0.4, -0.2) is 70.0 Å². The summed E-state index contributed by atoms with van der Waals surface area (Å²) >= 11 is 0. The zero-order valence-corrected chi connectivity index (χ0v) is 18.1. The summed E-state index contributed by atoms with van der Waals surface area (Å²) in [4.78, 5) is 26.2. The summed E-state index contributed by atoms with van der Waals surface area (Å²) in [7, 11) is 0. The zero-order chi connectivity index (χ0) is 22.6. The molecule has 2 saturated carbocycles. The van der Waals surface area contributed by atoms with Crippen LogP contribution in [-0.2, 0) is 23.8 Å². The quantitative estimate of drug-likeness (QED) is 0.337. The van der Waals surface area contributed by atoms with Gasteiger partial charge in [-0.15, -0.1) is 0 Å². The van der Waals surface area contributed by atoms with Crippen LogP contribution in [0, 0.1) is 16.7 Å². The first-order valence-electron chi connectivity index (χ1n) is 11.0. The molecule has 8 nitrogen and oxygen atoms in total. The van der Waals surface area contributed by atoms with E-state index in [2.05, 4.69) is 6.58 Å². The lowest BCUT2D eigenvalue weighted by atomic mass is 9.44. The van der Waals surface area contributed by atoms with Crippen molar-refractivity contribution in [2.75, 3.05) is 13.2 Å². The fraction of sp³-hybridized carbons (Fsp3) is 0.739. The molecule has 0 radical (unpaired) electrons. The number of rotatable bonds is 4. The van der Waals surface area contributed by atoms with E-state index in [0.29, 0.717) is 18.4 Å². The van der Waals surface area contributed by atoms with Gasteiger partial charge < -0.3 is 29.5 Å². The van der Waals surface area contributed by atoms with Crippen molar-refractivity contribution in [2.24, 2.45) is 16.7 Å². The van der Waals surface area contributed by atoms with Crippen molar-refractivity contribution in [1.82, 2.24) is 0 Å². The Morgan fingerprint density at radius 1 is 1.32 bits per heavy atom. The van der Waals surface area contributed by atoms with E-state index < -0.39 is 65.5 Å². The molecule has 3 heterocycles. The predicted octanol–water partition coefficient (Wildman–Crippen LogP) is 0.780. The van der Waals surface area contributed by atoms with Gasteiger partial charge in [-0.3, -0.25) is 4.79 Å². The van der Waals surface area contributed by atoms with Crippen LogP contribution in [0.1, 0.15) is 46.5 Å². The fourth-order valence-corrected chi connectivity index (χ4v) is 7.18. The van der Waals surface area contributed by atoms with Crippen molar-refractivity contribution in [3.05, 3.63) is 23.3 Å². The van der Waals surface area contributed by atoms with Gasteiger partial charge in [0, 0.05) is 17.4 Å². The van der Waals surface area contributed by atoms with Crippen molar-refractivity contribution >= 4 is 11.9 Å². The van der Waals surface area contributed by atoms with E-state index in [1.54, 1.807) is 0 Å². The smallest absolute Gasteiger partial charge is 0.336 e. The second kappa shape index (κ2) is 6.19. The van der Waals surface area contributed by atoms with Gasteiger partial charge >= 0.3 is 11.9 Å². The highest BCUT2D eigenvalue weighted by atomic mass is 16.6. The van der Waals surface area contributed by atoms with Crippen LogP contribution in [0.15, 0.2) is 23.3 Å². The predicted molar refractivity (Wildman–Crippen MR) is 106 cm³/mol. The molecule has 5 aliphatic rings. The van der Waals surface area contributed by atoms with Gasteiger partial charge in [-0.2, -0.15) is 0 Å². The van der Waals surface area contributed by atoms with Gasteiger partial charge in [0.15, 0.2) is 0 Å². The van der Waals surface area contributed by atoms with Crippen LogP contribution in [0.5, 0.6) is 0 Å². The molecule has 170 valence electrons. The van der Waals surface area contributed by atoms with Crippen LogP contribution in [0.3, 0.4) is 0 Å². The molecule has 0 aromatic heterocycles. The Morgan fingerprint density at radius 3 is 2.68 bits per heavy atom. The number of esters is 2. The molecule has 8 unspecified atom stereocenters. The molecule has 8 atom stereocenters. The van der Waals surface area contributed by atoms with Crippen LogP contribution < -0.4 is 0 Å². The fourth-order valence-electron chi connectivity index (χ4n) is 7.18. The molecule has 4 fully saturated rings. The topological polar surface area (TPSA) is 123 Å². The molecular formula is C23H30O8. The molecule has 2 aliphatic carbocycles. The molecule has 1 spiro atoms. The van der Waals surface area contributed by atoms with E-state index in [9.17, 15) is 24.9 Å². The first-order chi connectivity index (χ1) is 14.5. The Kier molecular flexibility index (Phi) is 4.22. The lowest BCUT2D eigenvalue weighted by molar-refractivity contribution is -0.263. The molecule has 5 rings (SSSR count). The maximum absolute atomic E-state index is 13.4. The second-order valence-corrected chi connectivity index (χ2v) is 10.3. The third-order valence-corrected chi connectivity index (χ3v) is 9.28. The zero-order valence-electron chi connectivity index (χ0n) is 18.1. The average Bonchev–Trinajstić information content (AvgIpc) is 3.18. The first kappa shape index (κ1) is 21.1. The van der Waals surface area contributed by atoms with Crippen LogP contribution in [0.4, 0.5) is 0 Å². The third-order valence-electron chi connectivity index (χ3n) is 9.28. The number of carbonyl (C=O) groups is 2. The molecule has 0 aromatic carbocycles. The molecule has 3 aliphatic heterocycles. The van der Waals surface area contributed by atoms with Crippen LogP contribution in [0.2, 0.25) is 0 Å². The summed E-state index contributed by atoms with van der Waals surface area (Å²) in [6, 6.07) is 0. The molecule has 0 aromatic rings. The monoisotopic (exact) mass is 434 g/mol. The Bertz CT molecular complexity index is 925. The van der Waals surface area contributed by atoms with E-state index in [1.165, 1.54) is 0 Å². The van der Waals surface area contributed by atoms with Crippen LogP contribution in [0.25, 0.3) is 0 Å². The van der Waals surface area contributed by atoms with E-state index in [0.717, 1.165) is 5.57 Å². The van der Waals surface area contributed by atoms with E-state index in [-0.39, 0.29) is 24.3 Å². The summed E-state index contributed by atoms with van der Waals surface area (Å²) in [6.45, 7) is 8.33. The summed E-state index contributed by atoms with van der Waals surface area (Å²) in [5.41, 5.74) is -3.74. The lowest BCUT2D eigenvalue weighted by Gasteiger charge is -2.63. The number of fused-ring (bicyclic) bond motifs is 1. The van der Waals surface area contributed by atoms with Gasteiger partial charge in [0.25, 0.3) is 0 Å². The van der Waals surface area contributed by atoms with Gasteiger partial charge in [0.2, 0.25) is 0 Å². The molecular weight excluding hydrogens is 404 g/mol. The number of ether oxygens (including phenoxy) is 3. The highest BCUT2D eigenvalue weighted by Gasteiger charge is 2.82. The van der Waals surface area contributed by atoms with Gasteiger partial charge in [-0.1, -0.05) is 20.4 Å². The molecule has 8 heteroatoms. The standard InChI is InChI=1S/C23H30O8/c1-11(8-24)18(26)30-17-16-13(3)14-7-21(10-25)19(27)29-15-6-5-12(2)20(17,4)22(15,28)9-23(16,21)31-14/h12,14-15,17,24-25,28H,1,5-10H2,2-4H3. The van der Waals surface area contributed by atoms with Crippen molar-refractivity contribution < 1.29 is 39.1 Å². The molecule has 3 bridgehead atoms. The summed E-state index contributed by atoms with van der Waals surface area (Å²) < 4.78 is 18.3. The minimum absolute atomic E-state index is 0.0638. The third kappa shape index (κ3) is 2.10. The summed E-state index contributed by atoms with van der Waals surface area (Å²) in [6.07, 6.45) is -0.644. The Hall–Kier alpha value is -1.74. The van der Waals surface area contributed by atoms with Crippen LogP contribution >= 0.6 is 0 Å². The van der Waals surface area contributed by atoms with E-state index >= 15 is 0 Å². The highest BCUT2D eigenvalue weighted by molar-refractivity contribution is 5.89. The molecule has 2 saturated heterocycles. The number of hydrogen-bond donors (Lipinski definition) is 3. The number of aliphatic hydroxyl groups is 3. The van der Waals surface area contributed by atoms with E-state index in [1.807, 2.05) is 20.8 Å². The average molecular weight is 434 g/mol. The highest BCUT2D eigenvalue weighted by Crippen LogP contribution is 2.72. The summed E-state index contributed by atoms with van der Waals surface area (Å²) in [5, 5.41) is 32.1. The van der Waals surface area contributed by atoms with Crippen molar-refractivity contribution in [1.29, 1.82) is 0 Å². The normalized spacial score (nSPS) is 49.5. The maximum Gasteiger partial charge on any atom is 0.336 e. The first-order valence-corrected chi connectivity index (χ1v) is 11.0. The Balaban J connectivity index is 1.78. The van der Waals surface area contributed by atoms with Crippen molar-refractivity contribution in [3.8, 4) is 0 Å². The number of aliphatic hydroxyl groups excluding tert-OH is 2. The second-order valence-electron chi connectivity index (χ2n) is 10.3. The molecule has 31 heavy (non-hydrogen) atoms. The molecule has 3 N–H and O–H groups in total. The van der Waals surface area contributed by atoms with Crippen molar-refractivity contribution in [2.45, 2.75) is 76.0 Å². The minimum atomic E-state index is -1.52. The lowest BCUT2D eigenvalue weighted by Crippen LogP contribution is -2.73. The summed E-state index contributed by atoms with van der Waals surface area (Å²) in [5.74, 6) is -1.38. The maximum atomic E-state index is 13.4. The SMILES string of the molecule is C=C(CO)C(=O)OC1C2=C(C)C3CC4(CO)C(=O)OC5CCC(C)C1(C)C5(O)CC24O3. The number of hydrogen-bond acceptors (Lipinski definition) is 8. The van der Waals surface area contributed by atoms with Gasteiger partial charge in [-0.05, 0) is 37.7 Å². The van der Waals surface area contributed by atoms with Gasteiger partial charge in [0.05, 0.1) is 24.9 Å². The van der Waals surface area contributed by atoms with Crippen molar-refractivity contribution in [3.63, 3.8) is 0 Å².